The van der Waals surface area contributed by atoms with Crippen molar-refractivity contribution in [2.45, 2.75) is 31.6 Å². The summed E-state index contributed by atoms with van der Waals surface area (Å²) >= 11 is 7.71. The molecule has 1 amide bonds. The number of sulfonamides is 1. The molecule has 0 radical (unpaired) electrons. The summed E-state index contributed by atoms with van der Waals surface area (Å²) in [5.74, 6) is -0.236. The van der Waals surface area contributed by atoms with Gasteiger partial charge in [0.2, 0.25) is 10.0 Å². The standard InChI is InChI=1S/C24H31ClN4O3S2/c1-5-14-28(15-6-2)34(31,32)19-12-10-18(11-13-19)23(30)29(17-16-27(3)4)24-26-22-20(25)8-7-9-21(22)33-24/h7-13H,5-6,14-17H2,1-4H3. The van der Waals surface area contributed by atoms with Crippen molar-refractivity contribution in [3.8, 4) is 0 Å². The number of aromatic nitrogens is 1. The number of thiazole rings is 1. The number of para-hydroxylation sites is 1. The van der Waals surface area contributed by atoms with Crippen LogP contribution in [0.3, 0.4) is 0 Å². The molecule has 0 bridgehead atoms. The van der Waals surface area contributed by atoms with E-state index in [1.54, 1.807) is 23.1 Å². The van der Waals surface area contributed by atoms with E-state index in [4.69, 9.17) is 11.6 Å². The first-order chi connectivity index (χ1) is 16.2. The maximum atomic E-state index is 13.5. The lowest BCUT2D eigenvalue weighted by atomic mass is 10.2. The number of rotatable bonds is 11. The van der Waals surface area contributed by atoms with Gasteiger partial charge in [-0.15, -0.1) is 0 Å². The molecular formula is C24H31ClN4O3S2. The van der Waals surface area contributed by atoms with E-state index in [9.17, 15) is 13.2 Å². The van der Waals surface area contributed by atoms with Gasteiger partial charge in [0.05, 0.1) is 14.6 Å². The second-order valence-electron chi connectivity index (χ2n) is 8.27. The SMILES string of the molecule is CCCN(CCC)S(=O)(=O)c1ccc(C(=O)N(CCN(C)C)c2nc3c(Cl)cccc3s2)cc1. The maximum Gasteiger partial charge on any atom is 0.260 e. The van der Waals surface area contributed by atoms with Crippen LogP contribution in [0.5, 0.6) is 0 Å². The van der Waals surface area contributed by atoms with Gasteiger partial charge in [0.25, 0.3) is 5.91 Å². The molecule has 10 heteroatoms. The van der Waals surface area contributed by atoms with E-state index in [0.29, 0.717) is 47.4 Å². The number of hydrogen-bond donors (Lipinski definition) is 0. The number of carbonyl (C=O) groups excluding carboxylic acids is 1. The number of halogens is 1. The third-order valence-electron chi connectivity index (χ3n) is 5.29. The van der Waals surface area contributed by atoms with E-state index in [0.717, 1.165) is 17.5 Å². The predicted octanol–water partition coefficient (Wildman–Crippen LogP) is 4.97. The van der Waals surface area contributed by atoms with Gasteiger partial charge < -0.3 is 4.90 Å². The number of fused-ring (bicyclic) bond motifs is 1. The minimum absolute atomic E-state index is 0.192. The van der Waals surface area contributed by atoms with Crippen molar-refractivity contribution in [3.63, 3.8) is 0 Å². The van der Waals surface area contributed by atoms with Crippen LogP contribution in [0.1, 0.15) is 37.0 Å². The predicted molar refractivity (Wildman–Crippen MR) is 141 cm³/mol. The van der Waals surface area contributed by atoms with Crippen LogP contribution < -0.4 is 4.90 Å². The Labute approximate surface area is 211 Å². The summed E-state index contributed by atoms with van der Waals surface area (Å²) in [6.07, 6.45) is 1.48. The third kappa shape index (κ3) is 5.95. The molecule has 0 atom stereocenters. The summed E-state index contributed by atoms with van der Waals surface area (Å²) < 4.78 is 28.5. The highest BCUT2D eigenvalue weighted by Crippen LogP contribution is 2.33. The molecule has 0 unspecified atom stereocenters. The van der Waals surface area contributed by atoms with E-state index in [1.165, 1.54) is 27.8 Å². The first-order valence-electron chi connectivity index (χ1n) is 11.3. The van der Waals surface area contributed by atoms with Gasteiger partial charge in [0, 0.05) is 31.7 Å². The maximum absolute atomic E-state index is 13.5. The van der Waals surface area contributed by atoms with Crippen LogP contribution in [0.2, 0.25) is 5.02 Å². The molecule has 3 rings (SSSR count). The minimum atomic E-state index is -3.61. The molecule has 0 aliphatic rings. The van der Waals surface area contributed by atoms with E-state index >= 15 is 0 Å². The Hall–Kier alpha value is -2.04. The molecule has 0 N–H and O–H groups in total. The monoisotopic (exact) mass is 522 g/mol. The molecule has 7 nitrogen and oxygen atoms in total. The Kier molecular flexibility index (Phi) is 9.06. The zero-order chi connectivity index (χ0) is 24.9. The van der Waals surface area contributed by atoms with Crippen molar-refractivity contribution in [3.05, 3.63) is 53.1 Å². The zero-order valence-corrected chi connectivity index (χ0v) is 22.4. The average Bonchev–Trinajstić information content (AvgIpc) is 3.24. The first kappa shape index (κ1) is 26.6. The Morgan fingerprint density at radius 3 is 2.18 bits per heavy atom. The number of benzene rings is 2. The van der Waals surface area contributed by atoms with Crippen LogP contribution in [-0.4, -0.2) is 68.8 Å². The first-order valence-corrected chi connectivity index (χ1v) is 13.9. The summed E-state index contributed by atoms with van der Waals surface area (Å²) in [6, 6.07) is 11.7. The Balaban J connectivity index is 1.92. The fourth-order valence-corrected chi connectivity index (χ4v) is 6.44. The molecule has 0 saturated heterocycles. The molecule has 0 aliphatic carbocycles. The van der Waals surface area contributed by atoms with Crippen LogP contribution in [0.25, 0.3) is 10.2 Å². The van der Waals surface area contributed by atoms with Gasteiger partial charge in [-0.05, 0) is 63.3 Å². The van der Waals surface area contributed by atoms with Gasteiger partial charge in [-0.3, -0.25) is 9.69 Å². The van der Waals surface area contributed by atoms with Gasteiger partial charge in [-0.1, -0.05) is 42.9 Å². The van der Waals surface area contributed by atoms with Crippen molar-refractivity contribution in [2.75, 3.05) is 45.2 Å². The van der Waals surface area contributed by atoms with Crippen LogP contribution >= 0.6 is 22.9 Å². The minimum Gasteiger partial charge on any atom is -0.308 e. The number of anilines is 1. The van der Waals surface area contributed by atoms with Crippen LogP contribution in [0.4, 0.5) is 5.13 Å². The summed E-state index contributed by atoms with van der Waals surface area (Å²) in [7, 11) is 0.274. The highest BCUT2D eigenvalue weighted by molar-refractivity contribution is 7.89. The molecule has 0 spiro atoms. The van der Waals surface area contributed by atoms with Crippen molar-refractivity contribution in [1.82, 2.24) is 14.2 Å². The topological polar surface area (TPSA) is 73.8 Å². The van der Waals surface area contributed by atoms with Gasteiger partial charge in [0.15, 0.2) is 5.13 Å². The van der Waals surface area contributed by atoms with E-state index in [1.807, 2.05) is 45.0 Å². The molecule has 0 saturated carbocycles. The van der Waals surface area contributed by atoms with Crippen LogP contribution in [-0.2, 0) is 10.0 Å². The zero-order valence-electron chi connectivity index (χ0n) is 20.0. The van der Waals surface area contributed by atoms with Crippen molar-refractivity contribution in [1.29, 1.82) is 0 Å². The van der Waals surface area contributed by atoms with E-state index in [2.05, 4.69) is 4.98 Å². The van der Waals surface area contributed by atoms with Crippen molar-refractivity contribution in [2.24, 2.45) is 0 Å². The number of amides is 1. The summed E-state index contributed by atoms with van der Waals surface area (Å²) in [5, 5.41) is 1.10. The molecule has 34 heavy (non-hydrogen) atoms. The smallest absolute Gasteiger partial charge is 0.260 e. The van der Waals surface area contributed by atoms with Gasteiger partial charge in [-0.25, -0.2) is 13.4 Å². The van der Waals surface area contributed by atoms with Crippen LogP contribution in [0.15, 0.2) is 47.4 Å². The quantitative estimate of drug-likeness (QED) is 0.355. The molecule has 184 valence electrons. The van der Waals surface area contributed by atoms with Gasteiger partial charge >= 0.3 is 0 Å². The lowest BCUT2D eigenvalue weighted by Crippen LogP contribution is -2.36. The molecule has 1 heterocycles. The summed E-state index contributed by atoms with van der Waals surface area (Å²) in [6.45, 7) is 5.93. The second kappa shape index (κ2) is 11.6. The van der Waals surface area contributed by atoms with Crippen LogP contribution in [0, 0.1) is 0 Å². The number of carbonyl (C=O) groups is 1. The van der Waals surface area contributed by atoms with Gasteiger partial charge in [-0.2, -0.15) is 4.31 Å². The molecule has 3 aromatic rings. The Morgan fingerprint density at radius 1 is 0.971 bits per heavy atom. The average molecular weight is 523 g/mol. The Bertz CT molecular complexity index is 1220. The normalized spacial score (nSPS) is 12.1. The third-order valence-corrected chi connectivity index (χ3v) is 8.55. The number of nitrogens with zero attached hydrogens (tertiary/aromatic N) is 4. The van der Waals surface area contributed by atoms with Crippen molar-refractivity contribution >= 4 is 54.2 Å². The van der Waals surface area contributed by atoms with Crippen molar-refractivity contribution < 1.29 is 13.2 Å². The molecular weight excluding hydrogens is 492 g/mol. The largest absolute Gasteiger partial charge is 0.308 e. The molecule has 0 fully saturated rings. The summed E-state index contributed by atoms with van der Waals surface area (Å²) in [5.41, 5.74) is 1.07. The van der Waals surface area contributed by atoms with Gasteiger partial charge in [0.1, 0.15) is 5.52 Å². The molecule has 0 aliphatic heterocycles. The summed E-state index contributed by atoms with van der Waals surface area (Å²) in [4.78, 5) is 21.9. The molecule has 1 aromatic heterocycles. The second-order valence-corrected chi connectivity index (χ2v) is 11.6. The highest BCUT2D eigenvalue weighted by atomic mass is 35.5. The molecule has 2 aromatic carbocycles. The van der Waals surface area contributed by atoms with E-state index in [-0.39, 0.29) is 10.8 Å². The highest BCUT2D eigenvalue weighted by Gasteiger charge is 2.25. The van der Waals surface area contributed by atoms with E-state index < -0.39 is 10.0 Å². The number of likely N-dealkylation sites (N-methyl/N-ethyl adjacent to an activating group) is 1. The lowest BCUT2D eigenvalue weighted by molar-refractivity contribution is 0.0985. The Morgan fingerprint density at radius 2 is 1.62 bits per heavy atom. The fraction of sp³-hybridized carbons (Fsp3) is 0.417. The lowest BCUT2D eigenvalue weighted by Gasteiger charge is -2.23. The fourth-order valence-electron chi connectivity index (χ4n) is 3.53. The number of hydrogen-bond acceptors (Lipinski definition) is 6.